The Morgan fingerprint density at radius 1 is 1.24 bits per heavy atom. The Labute approximate surface area is 107 Å². The van der Waals surface area contributed by atoms with Crippen LogP contribution in [-0.4, -0.2) is 28.4 Å². The topological polar surface area (TPSA) is 64.7 Å². The summed E-state index contributed by atoms with van der Waals surface area (Å²) >= 11 is 0. The standard InChI is InChI=1S/C10H16BNO4.ClH/c1-9(2)10(3,4)16-11(15-9)7-5-12-8(6-13)14-7;/h5,13H,6H2,1-4H3;1H. The van der Waals surface area contributed by atoms with Gasteiger partial charge in [-0.1, -0.05) is 0 Å². The molecule has 96 valence electrons. The molecule has 17 heavy (non-hydrogen) atoms. The van der Waals surface area contributed by atoms with Crippen molar-refractivity contribution < 1.29 is 18.8 Å². The normalized spacial score (nSPS) is 21.4. The highest BCUT2D eigenvalue weighted by atomic mass is 35.5. The zero-order chi connectivity index (χ0) is 12.0. The molecule has 0 spiro atoms. The van der Waals surface area contributed by atoms with Crippen LogP contribution in [0, 0.1) is 0 Å². The van der Waals surface area contributed by atoms with Gasteiger partial charge in [-0.2, -0.15) is 0 Å². The second-order valence-electron chi connectivity index (χ2n) is 4.90. The van der Waals surface area contributed by atoms with Gasteiger partial charge in [0, 0.05) is 0 Å². The summed E-state index contributed by atoms with van der Waals surface area (Å²) in [5.41, 5.74) is -0.309. The maximum absolute atomic E-state index is 8.86. The Balaban J connectivity index is 0.00000144. The number of aliphatic hydroxyl groups is 1. The fourth-order valence-corrected chi connectivity index (χ4v) is 1.47. The molecule has 1 N–H and O–H groups in total. The van der Waals surface area contributed by atoms with Crippen LogP contribution in [-0.2, 0) is 15.9 Å². The van der Waals surface area contributed by atoms with E-state index in [0.717, 1.165) is 0 Å². The highest BCUT2D eigenvalue weighted by Gasteiger charge is 2.53. The Bertz CT molecular complexity index is 377. The lowest BCUT2D eigenvalue weighted by Gasteiger charge is -2.32. The van der Waals surface area contributed by atoms with E-state index in [1.54, 1.807) is 0 Å². The molecular formula is C10H17BClNO4. The highest BCUT2D eigenvalue weighted by molar-refractivity contribution is 6.60. The van der Waals surface area contributed by atoms with Gasteiger partial charge in [-0.05, 0) is 27.7 Å². The first-order valence-corrected chi connectivity index (χ1v) is 5.27. The van der Waals surface area contributed by atoms with E-state index >= 15 is 0 Å². The molecule has 2 rings (SSSR count). The lowest BCUT2D eigenvalue weighted by Crippen LogP contribution is -2.41. The van der Waals surface area contributed by atoms with Crippen molar-refractivity contribution >= 4 is 25.2 Å². The van der Waals surface area contributed by atoms with Gasteiger partial charge in [0.2, 0.25) is 5.89 Å². The van der Waals surface area contributed by atoms with E-state index in [2.05, 4.69) is 4.98 Å². The Kier molecular flexibility index (Phi) is 3.93. The van der Waals surface area contributed by atoms with Crippen LogP contribution in [0.2, 0.25) is 0 Å². The van der Waals surface area contributed by atoms with Crippen LogP contribution in [0.1, 0.15) is 33.6 Å². The first-order chi connectivity index (χ1) is 7.36. The molecule has 7 heteroatoms. The third-order valence-electron chi connectivity index (χ3n) is 3.19. The second kappa shape index (κ2) is 4.61. The Morgan fingerprint density at radius 3 is 2.18 bits per heavy atom. The van der Waals surface area contributed by atoms with Crippen molar-refractivity contribution in [2.24, 2.45) is 0 Å². The van der Waals surface area contributed by atoms with Crippen molar-refractivity contribution in [3.8, 4) is 0 Å². The molecule has 1 aromatic rings. The van der Waals surface area contributed by atoms with Crippen LogP contribution in [0.15, 0.2) is 10.6 Å². The van der Waals surface area contributed by atoms with Crippen molar-refractivity contribution in [3.63, 3.8) is 0 Å². The smallest absolute Gasteiger partial charge is 0.447 e. The Morgan fingerprint density at radius 2 is 1.76 bits per heavy atom. The summed E-state index contributed by atoms with van der Waals surface area (Å²) in [6.45, 7) is 7.65. The van der Waals surface area contributed by atoms with E-state index in [4.69, 9.17) is 18.8 Å². The van der Waals surface area contributed by atoms with Crippen LogP contribution in [0.5, 0.6) is 0 Å². The quantitative estimate of drug-likeness (QED) is 0.801. The fourth-order valence-electron chi connectivity index (χ4n) is 1.47. The minimum atomic E-state index is -0.558. The number of hydrogen-bond acceptors (Lipinski definition) is 5. The summed E-state index contributed by atoms with van der Waals surface area (Å²) in [5.74, 6) is 0.268. The van der Waals surface area contributed by atoms with E-state index < -0.39 is 18.3 Å². The molecule has 1 aromatic heterocycles. The zero-order valence-electron chi connectivity index (χ0n) is 10.4. The van der Waals surface area contributed by atoms with Gasteiger partial charge >= 0.3 is 7.12 Å². The van der Waals surface area contributed by atoms with E-state index in [1.165, 1.54) is 6.20 Å². The summed E-state index contributed by atoms with van der Waals surface area (Å²) in [4.78, 5) is 3.90. The molecule has 0 atom stereocenters. The third kappa shape index (κ3) is 2.50. The number of halogens is 1. The predicted octanol–water partition coefficient (Wildman–Crippen LogP) is 0.888. The zero-order valence-corrected chi connectivity index (χ0v) is 11.2. The first kappa shape index (κ1) is 14.5. The third-order valence-corrected chi connectivity index (χ3v) is 3.19. The number of hydrogen-bond donors (Lipinski definition) is 1. The maximum Gasteiger partial charge on any atom is 0.534 e. The van der Waals surface area contributed by atoms with Gasteiger partial charge in [-0.15, -0.1) is 12.4 Å². The number of aliphatic hydroxyl groups excluding tert-OH is 1. The lowest BCUT2D eigenvalue weighted by atomic mass is 9.87. The van der Waals surface area contributed by atoms with Gasteiger partial charge in [-0.3, -0.25) is 0 Å². The number of rotatable bonds is 2. The van der Waals surface area contributed by atoms with Crippen molar-refractivity contribution in [3.05, 3.63) is 12.1 Å². The second-order valence-corrected chi connectivity index (χ2v) is 4.90. The van der Waals surface area contributed by atoms with Gasteiger partial charge in [0.25, 0.3) is 0 Å². The molecule has 0 saturated carbocycles. The lowest BCUT2D eigenvalue weighted by molar-refractivity contribution is 0.00578. The van der Waals surface area contributed by atoms with E-state index in [0.29, 0.717) is 5.66 Å². The largest absolute Gasteiger partial charge is 0.534 e. The van der Waals surface area contributed by atoms with Gasteiger partial charge < -0.3 is 18.8 Å². The molecule has 0 amide bonds. The summed E-state index contributed by atoms with van der Waals surface area (Å²) in [6, 6.07) is 0. The van der Waals surface area contributed by atoms with Gasteiger partial charge in [0.1, 0.15) is 6.61 Å². The van der Waals surface area contributed by atoms with Gasteiger partial charge in [-0.25, -0.2) is 4.98 Å². The molecule has 1 aliphatic rings. The molecule has 0 aliphatic carbocycles. The minimum Gasteiger partial charge on any atom is -0.447 e. The summed E-state index contributed by atoms with van der Waals surface area (Å²) in [5, 5.41) is 8.86. The summed E-state index contributed by atoms with van der Waals surface area (Å²) in [6.07, 6.45) is 1.52. The Hall–Kier alpha value is -0.555. The van der Waals surface area contributed by atoms with Crippen molar-refractivity contribution in [2.45, 2.75) is 45.5 Å². The maximum atomic E-state index is 8.86. The van der Waals surface area contributed by atoms with Crippen LogP contribution in [0.3, 0.4) is 0 Å². The summed E-state index contributed by atoms with van der Waals surface area (Å²) < 4.78 is 16.8. The van der Waals surface area contributed by atoms with Crippen LogP contribution in [0.25, 0.3) is 0 Å². The molecule has 0 unspecified atom stereocenters. The average Bonchev–Trinajstić information content (AvgIpc) is 2.70. The molecule has 0 aromatic carbocycles. The van der Waals surface area contributed by atoms with Crippen molar-refractivity contribution in [1.82, 2.24) is 4.98 Å². The molecule has 0 bridgehead atoms. The predicted molar refractivity (Wildman–Crippen MR) is 65.4 cm³/mol. The molecule has 1 aliphatic heterocycles. The minimum absolute atomic E-state index is 0. The molecule has 1 fully saturated rings. The van der Waals surface area contributed by atoms with Crippen LogP contribution >= 0.6 is 12.4 Å². The number of oxazole rings is 1. The van der Waals surface area contributed by atoms with Crippen LogP contribution in [0.4, 0.5) is 0 Å². The monoisotopic (exact) mass is 261 g/mol. The first-order valence-electron chi connectivity index (χ1n) is 5.27. The number of aromatic nitrogens is 1. The fraction of sp³-hybridized carbons (Fsp3) is 0.700. The average molecular weight is 262 g/mol. The molecule has 2 heterocycles. The van der Waals surface area contributed by atoms with Gasteiger partial charge in [0.05, 0.1) is 17.4 Å². The number of nitrogens with zero attached hydrogens (tertiary/aromatic N) is 1. The molecule has 0 radical (unpaired) electrons. The molecule has 1 saturated heterocycles. The summed E-state index contributed by atoms with van der Waals surface area (Å²) in [7, 11) is -0.558. The highest BCUT2D eigenvalue weighted by Crippen LogP contribution is 2.36. The van der Waals surface area contributed by atoms with E-state index in [1.807, 2.05) is 27.7 Å². The van der Waals surface area contributed by atoms with Gasteiger partial charge in [0.15, 0.2) is 5.66 Å². The van der Waals surface area contributed by atoms with E-state index in [9.17, 15) is 0 Å². The van der Waals surface area contributed by atoms with Crippen LogP contribution < -0.4 is 5.66 Å². The van der Waals surface area contributed by atoms with Crippen molar-refractivity contribution in [1.29, 1.82) is 0 Å². The SMILES string of the molecule is CC1(C)OB(c2cnc(CO)o2)OC1(C)C.Cl. The molecule has 5 nitrogen and oxygen atoms in total. The van der Waals surface area contributed by atoms with Crippen molar-refractivity contribution in [2.75, 3.05) is 0 Å². The molecular weight excluding hydrogens is 244 g/mol. The van der Waals surface area contributed by atoms with E-state index in [-0.39, 0.29) is 24.9 Å².